The van der Waals surface area contributed by atoms with Crippen LogP contribution in [0.3, 0.4) is 0 Å². The molecular weight excluding hydrogens is 474 g/mol. The number of nitrogens with one attached hydrogen (secondary N) is 1. The van der Waals surface area contributed by atoms with E-state index in [0.29, 0.717) is 53.5 Å². The molecule has 2 aliphatic rings. The predicted molar refractivity (Wildman–Crippen MR) is 139 cm³/mol. The highest BCUT2D eigenvalue weighted by Gasteiger charge is 2.28. The minimum Gasteiger partial charge on any atom is -0.486 e. The maximum atomic E-state index is 13.1. The lowest BCUT2D eigenvalue weighted by Crippen LogP contribution is -2.25. The second-order valence-corrected chi connectivity index (χ2v) is 10.0. The van der Waals surface area contributed by atoms with Crippen LogP contribution in [-0.2, 0) is 11.2 Å². The van der Waals surface area contributed by atoms with Crippen LogP contribution in [0, 0.1) is 0 Å². The standard InChI is InChI=1S/C28H25N3O4S/c32-27(13-12-26-29-21-9-5-4-8-20(21)28(33)31(26)18-10-11-18)30-22-16-23-24(35-15-14-34-23)17-25(22)36-19-6-2-1-3-7-19/h1-9,16-18H,10-15H2,(H,30,32). The average molecular weight is 500 g/mol. The van der Waals surface area contributed by atoms with Gasteiger partial charge in [0.1, 0.15) is 19.0 Å². The fourth-order valence-corrected chi connectivity index (χ4v) is 5.32. The van der Waals surface area contributed by atoms with E-state index in [1.165, 1.54) is 0 Å². The van der Waals surface area contributed by atoms with Gasteiger partial charge in [0, 0.05) is 40.8 Å². The Morgan fingerprint density at radius 1 is 1.00 bits per heavy atom. The summed E-state index contributed by atoms with van der Waals surface area (Å²) in [5.74, 6) is 1.81. The molecule has 1 amide bonds. The first kappa shape index (κ1) is 22.7. The lowest BCUT2D eigenvalue weighted by molar-refractivity contribution is -0.116. The van der Waals surface area contributed by atoms with Crippen LogP contribution in [0.2, 0.25) is 0 Å². The van der Waals surface area contributed by atoms with Gasteiger partial charge in [-0.3, -0.25) is 14.2 Å². The molecule has 182 valence electrons. The first-order chi connectivity index (χ1) is 17.7. The third kappa shape index (κ3) is 4.68. The highest BCUT2D eigenvalue weighted by molar-refractivity contribution is 7.99. The molecule has 1 aliphatic carbocycles. The molecule has 7 nitrogen and oxygen atoms in total. The molecule has 0 unspecified atom stereocenters. The van der Waals surface area contributed by atoms with Crippen molar-refractivity contribution in [3.63, 3.8) is 0 Å². The molecule has 0 radical (unpaired) electrons. The number of fused-ring (bicyclic) bond motifs is 2. The number of para-hydroxylation sites is 1. The first-order valence-electron chi connectivity index (χ1n) is 12.1. The molecule has 4 aromatic rings. The number of carbonyl (C=O) groups is 1. The number of hydrogen-bond acceptors (Lipinski definition) is 6. The molecule has 8 heteroatoms. The van der Waals surface area contributed by atoms with Gasteiger partial charge in [0.2, 0.25) is 5.91 Å². The van der Waals surface area contributed by atoms with Crippen LogP contribution in [0.4, 0.5) is 5.69 Å². The zero-order valence-electron chi connectivity index (χ0n) is 19.6. The Labute approximate surface area is 212 Å². The molecule has 0 atom stereocenters. The largest absolute Gasteiger partial charge is 0.486 e. The second-order valence-electron chi connectivity index (χ2n) is 8.91. The maximum absolute atomic E-state index is 13.1. The van der Waals surface area contributed by atoms with E-state index in [0.717, 1.165) is 22.6 Å². The van der Waals surface area contributed by atoms with Crippen LogP contribution < -0.4 is 20.3 Å². The maximum Gasteiger partial charge on any atom is 0.261 e. The van der Waals surface area contributed by atoms with Crippen LogP contribution >= 0.6 is 11.8 Å². The van der Waals surface area contributed by atoms with Gasteiger partial charge in [-0.15, -0.1) is 0 Å². The van der Waals surface area contributed by atoms with Gasteiger partial charge in [-0.1, -0.05) is 42.1 Å². The number of hydrogen-bond donors (Lipinski definition) is 1. The predicted octanol–water partition coefficient (Wildman–Crippen LogP) is 5.23. The Morgan fingerprint density at radius 3 is 2.50 bits per heavy atom. The van der Waals surface area contributed by atoms with Crippen molar-refractivity contribution in [2.75, 3.05) is 18.5 Å². The molecule has 1 saturated carbocycles. The van der Waals surface area contributed by atoms with Gasteiger partial charge in [0.05, 0.1) is 16.6 Å². The van der Waals surface area contributed by atoms with E-state index in [4.69, 9.17) is 14.5 Å². The Balaban J connectivity index is 1.24. The van der Waals surface area contributed by atoms with E-state index in [1.807, 2.05) is 66.7 Å². The number of rotatable bonds is 7. The van der Waals surface area contributed by atoms with E-state index < -0.39 is 0 Å². The number of aryl methyl sites for hydroxylation is 1. The van der Waals surface area contributed by atoms with E-state index >= 15 is 0 Å². The fraction of sp³-hybridized carbons (Fsp3) is 0.250. The van der Waals surface area contributed by atoms with E-state index in [1.54, 1.807) is 16.3 Å². The van der Waals surface area contributed by atoms with Crippen molar-refractivity contribution in [2.45, 2.75) is 41.5 Å². The molecule has 2 heterocycles. The van der Waals surface area contributed by atoms with Crippen LogP contribution in [0.1, 0.15) is 31.1 Å². The number of carbonyl (C=O) groups excluding carboxylic acids is 1. The molecule has 0 bridgehead atoms. The summed E-state index contributed by atoms with van der Waals surface area (Å²) in [6, 6.07) is 21.3. The minimum atomic E-state index is -0.147. The van der Waals surface area contributed by atoms with Gasteiger partial charge in [-0.05, 0) is 37.1 Å². The smallest absolute Gasteiger partial charge is 0.261 e. The number of amides is 1. The van der Waals surface area contributed by atoms with Crippen LogP contribution in [0.25, 0.3) is 10.9 Å². The summed E-state index contributed by atoms with van der Waals surface area (Å²) < 4.78 is 13.3. The normalized spacial score (nSPS) is 14.6. The molecule has 0 spiro atoms. The summed E-state index contributed by atoms with van der Waals surface area (Å²) in [6.07, 6.45) is 2.53. The number of aromatic nitrogens is 2. The molecule has 1 aliphatic heterocycles. The monoisotopic (exact) mass is 499 g/mol. The lowest BCUT2D eigenvalue weighted by atomic mass is 10.2. The number of benzene rings is 3. The van der Waals surface area contributed by atoms with Crippen molar-refractivity contribution < 1.29 is 14.3 Å². The Kier molecular flexibility index (Phi) is 6.11. The highest BCUT2D eigenvalue weighted by atomic mass is 32.2. The van der Waals surface area contributed by atoms with E-state index in [-0.39, 0.29) is 23.9 Å². The Morgan fingerprint density at radius 2 is 1.72 bits per heavy atom. The zero-order chi connectivity index (χ0) is 24.5. The fourth-order valence-electron chi connectivity index (χ4n) is 4.38. The minimum absolute atomic E-state index is 0.0214. The molecule has 1 aromatic heterocycles. The van der Waals surface area contributed by atoms with Gasteiger partial charge in [-0.2, -0.15) is 0 Å². The van der Waals surface area contributed by atoms with Crippen molar-refractivity contribution in [1.82, 2.24) is 9.55 Å². The van der Waals surface area contributed by atoms with Gasteiger partial charge in [0.15, 0.2) is 11.5 Å². The zero-order valence-corrected chi connectivity index (χ0v) is 20.4. The van der Waals surface area contributed by atoms with Crippen LogP contribution in [0.15, 0.2) is 81.3 Å². The summed E-state index contributed by atoms with van der Waals surface area (Å²) in [7, 11) is 0. The lowest BCUT2D eigenvalue weighted by Gasteiger charge is -2.21. The molecule has 1 N–H and O–H groups in total. The van der Waals surface area contributed by atoms with Crippen LogP contribution in [-0.4, -0.2) is 28.7 Å². The summed E-state index contributed by atoms with van der Waals surface area (Å²) in [5, 5.41) is 3.68. The molecule has 6 rings (SSSR count). The SMILES string of the molecule is O=C(CCc1nc2ccccc2c(=O)n1C1CC1)Nc1cc2c(cc1Sc1ccccc1)OCCO2. The van der Waals surface area contributed by atoms with Crippen molar-refractivity contribution >= 4 is 34.3 Å². The number of anilines is 1. The van der Waals surface area contributed by atoms with Gasteiger partial charge < -0.3 is 14.8 Å². The third-order valence-corrected chi connectivity index (χ3v) is 7.32. The number of ether oxygens (including phenoxy) is 2. The molecule has 36 heavy (non-hydrogen) atoms. The Bertz CT molecular complexity index is 1500. The second kappa shape index (κ2) is 9.70. The highest BCUT2D eigenvalue weighted by Crippen LogP contribution is 2.42. The van der Waals surface area contributed by atoms with Gasteiger partial charge in [0.25, 0.3) is 5.56 Å². The Hall–Kier alpha value is -3.78. The summed E-state index contributed by atoms with van der Waals surface area (Å²) in [6.45, 7) is 0.966. The summed E-state index contributed by atoms with van der Waals surface area (Å²) >= 11 is 1.55. The van der Waals surface area contributed by atoms with Gasteiger partial charge in [-0.25, -0.2) is 4.98 Å². The topological polar surface area (TPSA) is 82.5 Å². The quantitative estimate of drug-likeness (QED) is 0.375. The van der Waals surface area contributed by atoms with Crippen molar-refractivity contribution in [3.05, 3.63) is 82.9 Å². The number of nitrogens with zero attached hydrogens (tertiary/aromatic N) is 2. The van der Waals surface area contributed by atoms with E-state index in [2.05, 4.69) is 5.32 Å². The molecule has 1 fully saturated rings. The van der Waals surface area contributed by atoms with Crippen molar-refractivity contribution in [2.24, 2.45) is 0 Å². The first-order valence-corrected chi connectivity index (χ1v) is 12.9. The van der Waals surface area contributed by atoms with Gasteiger partial charge >= 0.3 is 0 Å². The van der Waals surface area contributed by atoms with E-state index in [9.17, 15) is 9.59 Å². The summed E-state index contributed by atoms with van der Waals surface area (Å²) in [4.78, 5) is 32.9. The van der Waals surface area contributed by atoms with Crippen molar-refractivity contribution in [3.8, 4) is 11.5 Å². The van der Waals surface area contributed by atoms with Crippen LogP contribution in [0.5, 0.6) is 11.5 Å². The third-order valence-electron chi connectivity index (χ3n) is 6.26. The average Bonchev–Trinajstić information content (AvgIpc) is 3.74. The molecule has 3 aromatic carbocycles. The molecular formula is C28H25N3O4S. The van der Waals surface area contributed by atoms with Crippen molar-refractivity contribution in [1.29, 1.82) is 0 Å². The molecule has 0 saturated heterocycles. The summed E-state index contributed by atoms with van der Waals surface area (Å²) in [5.41, 5.74) is 1.32.